The van der Waals surface area contributed by atoms with E-state index in [1.807, 2.05) is 26.0 Å². The first-order valence-corrected chi connectivity index (χ1v) is 4.83. The van der Waals surface area contributed by atoms with Gasteiger partial charge in [0.2, 0.25) is 0 Å². The van der Waals surface area contributed by atoms with Crippen molar-refractivity contribution in [1.29, 1.82) is 0 Å². The van der Waals surface area contributed by atoms with Crippen molar-refractivity contribution in [1.82, 2.24) is 4.90 Å². The minimum atomic E-state index is -1.12. The van der Waals surface area contributed by atoms with Gasteiger partial charge >= 0.3 is 0 Å². The third-order valence-electron chi connectivity index (χ3n) is 1.03. The molecule has 0 aliphatic heterocycles. The van der Waals surface area contributed by atoms with Gasteiger partial charge in [0.15, 0.2) is 5.63 Å². The summed E-state index contributed by atoms with van der Waals surface area (Å²) in [4.78, 5) is 2.00. The number of hydrogen-bond acceptors (Lipinski definition) is 1. The average molecular weight is 198 g/mol. The summed E-state index contributed by atoms with van der Waals surface area (Å²) >= 11 is 5.05. The minimum absolute atomic E-state index is 0.509. The Morgan fingerprint density at radius 1 is 1.25 bits per heavy atom. The molecule has 0 radical (unpaired) electrons. The molecule has 0 amide bonds. The van der Waals surface area contributed by atoms with Crippen LogP contribution in [-0.4, -0.2) is 31.7 Å². The molecular formula is C9H21ClFN. The molecule has 3 heteroatoms. The Kier molecular flexibility index (Phi) is 13.7. The second-order valence-corrected chi connectivity index (χ2v) is 3.70. The van der Waals surface area contributed by atoms with E-state index in [0.29, 0.717) is 6.42 Å². The van der Waals surface area contributed by atoms with Crippen molar-refractivity contribution in [3.8, 4) is 0 Å². The molecule has 1 nitrogen and oxygen atoms in total. The topological polar surface area (TPSA) is 3.24 Å². The number of unbranched alkanes of at least 4 members (excludes halogenated alkanes) is 2. The van der Waals surface area contributed by atoms with E-state index in [9.17, 15) is 4.39 Å². The van der Waals surface area contributed by atoms with Crippen LogP contribution in [0.5, 0.6) is 0 Å². The van der Waals surface area contributed by atoms with Gasteiger partial charge in [0.1, 0.15) is 0 Å². The molecule has 0 saturated heterocycles. The zero-order valence-electron chi connectivity index (χ0n) is 8.61. The fraction of sp³-hybridized carbons (Fsp3) is 1.00. The Morgan fingerprint density at radius 3 is 1.92 bits per heavy atom. The molecule has 0 aliphatic carbocycles. The van der Waals surface area contributed by atoms with Crippen LogP contribution in [0.2, 0.25) is 0 Å². The molecular weight excluding hydrogens is 177 g/mol. The van der Waals surface area contributed by atoms with Gasteiger partial charge in [-0.1, -0.05) is 31.4 Å². The zero-order chi connectivity index (χ0) is 9.98. The van der Waals surface area contributed by atoms with Gasteiger partial charge in [0.05, 0.1) is 0 Å². The highest BCUT2D eigenvalue weighted by Crippen LogP contribution is 2.08. The SMILES string of the molecule is CCCCCC(F)Cl.CN(C)C. The van der Waals surface area contributed by atoms with Crippen molar-refractivity contribution in [2.75, 3.05) is 21.1 Å². The van der Waals surface area contributed by atoms with Crippen LogP contribution in [0.1, 0.15) is 32.6 Å². The van der Waals surface area contributed by atoms with Gasteiger partial charge in [-0.2, -0.15) is 0 Å². The van der Waals surface area contributed by atoms with Gasteiger partial charge in [0, 0.05) is 0 Å². The van der Waals surface area contributed by atoms with Gasteiger partial charge in [-0.15, -0.1) is 0 Å². The summed E-state index contributed by atoms with van der Waals surface area (Å²) < 4.78 is 11.8. The predicted molar refractivity (Wildman–Crippen MR) is 54.5 cm³/mol. The maximum absolute atomic E-state index is 11.8. The molecule has 0 spiro atoms. The first-order valence-electron chi connectivity index (χ1n) is 4.39. The molecule has 0 rings (SSSR count). The molecule has 0 fully saturated rings. The summed E-state index contributed by atoms with van der Waals surface area (Å²) in [6, 6.07) is 0. The zero-order valence-corrected chi connectivity index (χ0v) is 9.36. The van der Waals surface area contributed by atoms with Crippen molar-refractivity contribution in [2.24, 2.45) is 0 Å². The summed E-state index contributed by atoms with van der Waals surface area (Å²) in [5.41, 5.74) is -1.12. The minimum Gasteiger partial charge on any atom is -0.312 e. The Balaban J connectivity index is 0. The highest BCUT2D eigenvalue weighted by molar-refractivity contribution is 6.19. The maximum atomic E-state index is 11.8. The molecule has 0 aliphatic rings. The molecule has 0 aromatic carbocycles. The summed E-state index contributed by atoms with van der Waals surface area (Å²) in [7, 11) is 6.00. The standard InChI is InChI=1S/C6H12ClF.C3H9N/c1-2-3-4-5-6(7)8;1-4(2)3/h6H,2-5H2,1H3;1-3H3. The smallest absolute Gasteiger partial charge is 0.173 e. The molecule has 0 heterocycles. The van der Waals surface area contributed by atoms with E-state index in [1.54, 1.807) is 0 Å². The second kappa shape index (κ2) is 11.2. The van der Waals surface area contributed by atoms with E-state index in [0.717, 1.165) is 19.3 Å². The van der Waals surface area contributed by atoms with Gasteiger partial charge in [0.25, 0.3) is 0 Å². The van der Waals surface area contributed by atoms with Crippen LogP contribution in [0, 0.1) is 0 Å². The van der Waals surface area contributed by atoms with E-state index in [1.165, 1.54) is 0 Å². The average Bonchev–Trinajstić information content (AvgIpc) is 1.86. The lowest BCUT2D eigenvalue weighted by Gasteiger charge is -1.95. The monoisotopic (exact) mass is 197 g/mol. The maximum Gasteiger partial charge on any atom is 0.173 e. The van der Waals surface area contributed by atoms with E-state index >= 15 is 0 Å². The number of rotatable bonds is 4. The first kappa shape index (κ1) is 14.7. The molecule has 76 valence electrons. The van der Waals surface area contributed by atoms with Gasteiger partial charge in [-0.3, -0.25) is 0 Å². The van der Waals surface area contributed by atoms with Crippen molar-refractivity contribution in [2.45, 2.75) is 38.2 Å². The third kappa shape index (κ3) is 32.0. The van der Waals surface area contributed by atoms with Crippen LogP contribution in [0.25, 0.3) is 0 Å². The van der Waals surface area contributed by atoms with Crippen LogP contribution in [0.4, 0.5) is 4.39 Å². The van der Waals surface area contributed by atoms with Crippen LogP contribution in [0.15, 0.2) is 0 Å². The molecule has 0 N–H and O–H groups in total. The molecule has 0 aromatic heterocycles. The number of nitrogens with zero attached hydrogens (tertiary/aromatic N) is 1. The molecule has 12 heavy (non-hydrogen) atoms. The van der Waals surface area contributed by atoms with Crippen molar-refractivity contribution >= 4 is 11.6 Å². The Morgan fingerprint density at radius 2 is 1.67 bits per heavy atom. The molecule has 0 bridgehead atoms. The first-order chi connectivity index (χ1) is 5.50. The lowest BCUT2D eigenvalue weighted by molar-refractivity contribution is 0.407. The largest absolute Gasteiger partial charge is 0.312 e. The molecule has 1 atom stereocenters. The predicted octanol–water partition coefficient (Wildman–Crippen LogP) is 3.28. The Bertz CT molecular complexity index is 74.2. The van der Waals surface area contributed by atoms with Gasteiger partial charge < -0.3 is 4.90 Å². The van der Waals surface area contributed by atoms with Crippen LogP contribution in [0.3, 0.4) is 0 Å². The lowest BCUT2D eigenvalue weighted by Crippen LogP contribution is -1.99. The van der Waals surface area contributed by atoms with E-state index in [2.05, 4.69) is 6.92 Å². The Labute approximate surface area is 80.9 Å². The second-order valence-electron chi connectivity index (χ2n) is 3.23. The normalized spacial score (nSPS) is 12.2. The highest BCUT2D eigenvalue weighted by atomic mass is 35.5. The fourth-order valence-corrected chi connectivity index (χ4v) is 0.703. The fourth-order valence-electron chi connectivity index (χ4n) is 0.549. The van der Waals surface area contributed by atoms with E-state index in [4.69, 9.17) is 11.6 Å². The van der Waals surface area contributed by atoms with Crippen molar-refractivity contribution < 1.29 is 4.39 Å². The van der Waals surface area contributed by atoms with Crippen molar-refractivity contribution in [3.63, 3.8) is 0 Å². The van der Waals surface area contributed by atoms with Gasteiger partial charge in [-0.25, -0.2) is 4.39 Å². The van der Waals surface area contributed by atoms with Crippen LogP contribution >= 0.6 is 11.6 Å². The van der Waals surface area contributed by atoms with Crippen LogP contribution in [-0.2, 0) is 0 Å². The van der Waals surface area contributed by atoms with E-state index in [-0.39, 0.29) is 0 Å². The molecule has 0 saturated carbocycles. The Hall–Kier alpha value is 0.180. The molecule has 1 unspecified atom stereocenters. The van der Waals surface area contributed by atoms with Crippen molar-refractivity contribution in [3.05, 3.63) is 0 Å². The molecule has 0 aromatic rings. The number of alkyl halides is 2. The summed E-state index contributed by atoms with van der Waals surface area (Å²) in [6.07, 6.45) is 3.65. The third-order valence-corrected chi connectivity index (χ3v) is 1.24. The summed E-state index contributed by atoms with van der Waals surface area (Å²) in [5, 5.41) is 0. The number of hydrogen-bond donors (Lipinski definition) is 0. The highest BCUT2D eigenvalue weighted by Gasteiger charge is 1.97. The lowest BCUT2D eigenvalue weighted by atomic mass is 10.2. The van der Waals surface area contributed by atoms with Gasteiger partial charge in [-0.05, 0) is 34.0 Å². The van der Waals surface area contributed by atoms with E-state index < -0.39 is 5.63 Å². The summed E-state index contributed by atoms with van der Waals surface area (Å²) in [6.45, 7) is 2.08. The van der Waals surface area contributed by atoms with Crippen LogP contribution < -0.4 is 0 Å². The quantitative estimate of drug-likeness (QED) is 0.494. The number of halogens is 2. The summed E-state index contributed by atoms with van der Waals surface area (Å²) in [5.74, 6) is 0.